The van der Waals surface area contributed by atoms with Gasteiger partial charge in [-0.3, -0.25) is 0 Å². The highest BCUT2D eigenvalue weighted by atomic mass is 19.3. The monoisotopic (exact) mass is 248 g/mol. The highest BCUT2D eigenvalue weighted by Crippen LogP contribution is 2.32. The largest absolute Gasteiger partial charge is 0.396 e. The molecule has 3 heteroatoms. The molecule has 0 unspecified atom stereocenters. The Morgan fingerprint density at radius 2 is 1.39 bits per heavy atom. The van der Waals surface area contributed by atoms with E-state index in [-0.39, 0.29) is 5.56 Å². The maximum absolute atomic E-state index is 13.5. The van der Waals surface area contributed by atoms with Crippen LogP contribution in [0.2, 0.25) is 0 Å². The maximum Gasteiger partial charge on any atom is 0.275 e. The quantitative estimate of drug-likeness (QED) is 0.871. The van der Waals surface area contributed by atoms with E-state index in [2.05, 4.69) is 0 Å². The van der Waals surface area contributed by atoms with Crippen LogP contribution in [-0.4, -0.2) is 11.7 Å². The lowest BCUT2D eigenvalue weighted by Crippen LogP contribution is -2.14. The van der Waals surface area contributed by atoms with Crippen molar-refractivity contribution >= 4 is 0 Å². The van der Waals surface area contributed by atoms with Gasteiger partial charge in [0, 0.05) is 18.6 Å². The lowest BCUT2D eigenvalue weighted by molar-refractivity contribution is -0.0269. The number of halogens is 2. The third-order valence-corrected chi connectivity index (χ3v) is 2.84. The highest BCUT2D eigenvalue weighted by molar-refractivity contribution is 5.63. The van der Waals surface area contributed by atoms with E-state index in [0.29, 0.717) is 0 Å². The van der Waals surface area contributed by atoms with E-state index >= 15 is 0 Å². The summed E-state index contributed by atoms with van der Waals surface area (Å²) >= 11 is 0. The number of rotatable bonds is 4. The van der Waals surface area contributed by atoms with Crippen LogP contribution in [0.4, 0.5) is 8.78 Å². The lowest BCUT2D eigenvalue weighted by atomic mass is 10.0. The molecule has 0 atom stereocenters. The molecule has 0 aliphatic carbocycles. The second-order valence-electron chi connectivity index (χ2n) is 4.12. The summed E-state index contributed by atoms with van der Waals surface area (Å²) < 4.78 is 27.1. The van der Waals surface area contributed by atoms with Gasteiger partial charge in [-0.2, -0.15) is 0 Å². The Morgan fingerprint density at radius 1 is 0.833 bits per heavy atom. The van der Waals surface area contributed by atoms with E-state index in [4.69, 9.17) is 5.11 Å². The van der Waals surface area contributed by atoms with Crippen molar-refractivity contribution < 1.29 is 13.9 Å². The van der Waals surface area contributed by atoms with Crippen LogP contribution in [0.5, 0.6) is 0 Å². The zero-order valence-corrected chi connectivity index (χ0v) is 9.81. The fourth-order valence-electron chi connectivity index (χ4n) is 1.82. The SMILES string of the molecule is OCCC(F)(F)c1ccc(-c2ccccc2)cc1. The predicted octanol–water partition coefficient (Wildman–Crippen LogP) is 3.83. The zero-order chi connectivity index (χ0) is 13.0. The minimum absolute atomic E-state index is 0.0590. The Morgan fingerprint density at radius 3 is 1.94 bits per heavy atom. The zero-order valence-electron chi connectivity index (χ0n) is 9.81. The van der Waals surface area contributed by atoms with Crippen LogP contribution < -0.4 is 0 Å². The molecule has 0 aromatic heterocycles. The van der Waals surface area contributed by atoms with Crippen molar-refractivity contribution in [2.24, 2.45) is 0 Å². The Bertz CT molecular complexity index is 492. The highest BCUT2D eigenvalue weighted by Gasteiger charge is 2.30. The summed E-state index contributed by atoms with van der Waals surface area (Å²) in [7, 11) is 0. The van der Waals surface area contributed by atoms with Crippen molar-refractivity contribution in [2.75, 3.05) is 6.61 Å². The molecule has 94 valence electrons. The molecular weight excluding hydrogens is 234 g/mol. The van der Waals surface area contributed by atoms with Crippen LogP contribution in [0.25, 0.3) is 11.1 Å². The number of benzene rings is 2. The van der Waals surface area contributed by atoms with Gasteiger partial charge in [0.15, 0.2) is 0 Å². The van der Waals surface area contributed by atoms with Gasteiger partial charge < -0.3 is 5.11 Å². The van der Waals surface area contributed by atoms with Crippen molar-refractivity contribution in [3.63, 3.8) is 0 Å². The fourth-order valence-corrected chi connectivity index (χ4v) is 1.82. The number of aliphatic hydroxyl groups excluding tert-OH is 1. The molecule has 0 radical (unpaired) electrons. The lowest BCUT2D eigenvalue weighted by Gasteiger charge is -2.15. The predicted molar refractivity (Wildman–Crippen MR) is 67.5 cm³/mol. The molecule has 0 fully saturated rings. The molecule has 2 rings (SSSR count). The molecular formula is C15H14F2O. The van der Waals surface area contributed by atoms with Crippen LogP contribution in [0.15, 0.2) is 54.6 Å². The van der Waals surface area contributed by atoms with E-state index in [9.17, 15) is 8.78 Å². The summed E-state index contributed by atoms with van der Waals surface area (Å²) in [5.41, 5.74) is 1.84. The number of hydrogen-bond acceptors (Lipinski definition) is 1. The Balaban J connectivity index is 2.26. The molecule has 0 saturated carbocycles. The summed E-state index contributed by atoms with van der Waals surface area (Å²) in [4.78, 5) is 0. The Labute approximate surface area is 105 Å². The van der Waals surface area contributed by atoms with E-state index in [0.717, 1.165) is 11.1 Å². The van der Waals surface area contributed by atoms with Crippen LogP contribution in [-0.2, 0) is 5.92 Å². The van der Waals surface area contributed by atoms with Gasteiger partial charge in [0.05, 0.1) is 0 Å². The van der Waals surface area contributed by atoms with Gasteiger partial charge >= 0.3 is 0 Å². The average Bonchev–Trinajstić information content (AvgIpc) is 2.40. The third-order valence-electron chi connectivity index (χ3n) is 2.84. The van der Waals surface area contributed by atoms with Crippen LogP contribution >= 0.6 is 0 Å². The van der Waals surface area contributed by atoms with Gasteiger partial charge in [0.1, 0.15) is 0 Å². The topological polar surface area (TPSA) is 20.2 Å². The summed E-state index contributed by atoms with van der Waals surface area (Å²) in [5.74, 6) is -2.97. The first-order valence-electron chi connectivity index (χ1n) is 5.78. The van der Waals surface area contributed by atoms with Gasteiger partial charge in [0.25, 0.3) is 5.92 Å². The minimum atomic E-state index is -2.97. The molecule has 0 aliphatic rings. The number of hydrogen-bond donors (Lipinski definition) is 1. The van der Waals surface area contributed by atoms with E-state index in [1.165, 1.54) is 12.1 Å². The smallest absolute Gasteiger partial charge is 0.275 e. The van der Waals surface area contributed by atoms with E-state index in [1.54, 1.807) is 12.1 Å². The van der Waals surface area contributed by atoms with Gasteiger partial charge in [-0.25, -0.2) is 8.78 Å². The van der Waals surface area contributed by atoms with E-state index in [1.807, 2.05) is 30.3 Å². The second-order valence-corrected chi connectivity index (χ2v) is 4.12. The standard InChI is InChI=1S/C15H14F2O/c16-15(17,10-11-18)14-8-6-13(7-9-14)12-4-2-1-3-5-12/h1-9,18H,10-11H2. The van der Waals surface area contributed by atoms with Gasteiger partial charge in [0.2, 0.25) is 0 Å². The summed E-state index contributed by atoms with van der Waals surface area (Å²) in [5, 5.41) is 8.62. The van der Waals surface area contributed by atoms with Crippen molar-refractivity contribution in [1.82, 2.24) is 0 Å². The van der Waals surface area contributed by atoms with Crippen molar-refractivity contribution in [1.29, 1.82) is 0 Å². The summed E-state index contributed by atoms with van der Waals surface area (Å²) in [6.07, 6.45) is -0.544. The summed E-state index contributed by atoms with van der Waals surface area (Å²) in [6, 6.07) is 15.8. The molecule has 0 bridgehead atoms. The normalized spacial score (nSPS) is 11.5. The first-order valence-corrected chi connectivity index (χ1v) is 5.78. The van der Waals surface area contributed by atoms with Crippen LogP contribution in [0.1, 0.15) is 12.0 Å². The molecule has 0 heterocycles. The molecule has 2 aromatic rings. The molecule has 0 spiro atoms. The second kappa shape index (κ2) is 5.27. The first kappa shape index (κ1) is 12.7. The van der Waals surface area contributed by atoms with Crippen molar-refractivity contribution in [3.05, 3.63) is 60.2 Å². The molecule has 0 saturated heterocycles. The fraction of sp³-hybridized carbons (Fsp3) is 0.200. The molecule has 2 aromatic carbocycles. The molecule has 0 aliphatic heterocycles. The van der Waals surface area contributed by atoms with Crippen LogP contribution in [0, 0.1) is 0 Å². The third kappa shape index (κ3) is 2.74. The van der Waals surface area contributed by atoms with Gasteiger partial charge in [-0.05, 0) is 11.1 Å². The Kier molecular flexibility index (Phi) is 3.72. The maximum atomic E-state index is 13.5. The average molecular weight is 248 g/mol. The summed E-state index contributed by atoms with van der Waals surface area (Å²) in [6.45, 7) is -0.520. The Hall–Kier alpha value is -1.74. The minimum Gasteiger partial charge on any atom is -0.396 e. The number of aliphatic hydroxyl groups is 1. The molecule has 1 N–H and O–H groups in total. The molecule has 1 nitrogen and oxygen atoms in total. The van der Waals surface area contributed by atoms with E-state index < -0.39 is 19.0 Å². The van der Waals surface area contributed by atoms with Crippen LogP contribution in [0.3, 0.4) is 0 Å². The first-order chi connectivity index (χ1) is 8.63. The van der Waals surface area contributed by atoms with Gasteiger partial charge in [-0.15, -0.1) is 0 Å². The molecule has 0 amide bonds. The number of alkyl halides is 2. The van der Waals surface area contributed by atoms with Crippen molar-refractivity contribution in [2.45, 2.75) is 12.3 Å². The molecule has 18 heavy (non-hydrogen) atoms. The van der Waals surface area contributed by atoms with Gasteiger partial charge in [-0.1, -0.05) is 54.6 Å². The van der Waals surface area contributed by atoms with Crippen molar-refractivity contribution in [3.8, 4) is 11.1 Å².